The maximum atomic E-state index is 13.0. The number of halogens is 5. The van der Waals surface area contributed by atoms with E-state index in [1.54, 1.807) is 0 Å². The molecule has 15 heavy (non-hydrogen) atoms. The molecule has 0 aliphatic heterocycles. The van der Waals surface area contributed by atoms with Gasteiger partial charge in [-0.1, -0.05) is 0 Å². The molecule has 1 aromatic carbocycles. The third-order valence-electron chi connectivity index (χ3n) is 1.91. The number of hydrogen-bond donors (Lipinski definition) is 0. The van der Waals surface area contributed by atoms with Crippen molar-refractivity contribution in [2.24, 2.45) is 0 Å². The zero-order valence-electron chi connectivity index (χ0n) is 6.99. The molecule has 0 fully saturated rings. The minimum Gasteiger partial charge on any atom is -0.204 e. The third kappa shape index (κ3) is 1.33. The van der Waals surface area contributed by atoms with Gasteiger partial charge in [0.15, 0.2) is 17.5 Å². The summed E-state index contributed by atoms with van der Waals surface area (Å²) < 4.78 is 64.3. The molecule has 0 saturated carbocycles. The number of nitrogens with zero attached hydrogens (tertiary/aromatic N) is 1. The Morgan fingerprint density at radius 3 is 2.13 bits per heavy atom. The van der Waals surface area contributed by atoms with Crippen LogP contribution >= 0.6 is 0 Å². The van der Waals surface area contributed by atoms with Crippen LogP contribution in [0.1, 0.15) is 0 Å². The molecule has 1 heterocycles. The second-order valence-corrected chi connectivity index (χ2v) is 2.79. The van der Waals surface area contributed by atoms with Crippen LogP contribution < -0.4 is 0 Å². The van der Waals surface area contributed by atoms with Gasteiger partial charge in [0.25, 0.3) is 5.95 Å². The molecule has 0 N–H and O–H groups in total. The van der Waals surface area contributed by atoms with Crippen molar-refractivity contribution in [3.8, 4) is 0 Å². The standard InChI is InChI=1S/C9H2F5N/c10-4-2-1-3-5(6(4)11)7(12)9(14)15-8(3)13/h1-2H. The Morgan fingerprint density at radius 1 is 0.800 bits per heavy atom. The van der Waals surface area contributed by atoms with E-state index in [1.807, 2.05) is 0 Å². The lowest BCUT2D eigenvalue weighted by molar-refractivity contribution is 0.451. The van der Waals surface area contributed by atoms with E-state index >= 15 is 0 Å². The van der Waals surface area contributed by atoms with Crippen molar-refractivity contribution in [3.05, 3.63) is 41.5 Å². The Labute approximate surface area is 80.2 Å². The first-order valence-corrected chi connectivity index (χ1v) is 3.80. The summed E-state index contributed by atoms with van der Waals surface area (Å²) in [5, 5.41) is -1.67. The number of fused-ring (bicyclic) bond motifs is 1. The van der Waals surface area contributed by atoms with Crippen LogP contribution in [0.2, 0.25) is 0 Å². The molecular formula is C9H2F5N. The van der Waals surface area contributed by atoms with Crippen molar-refractivity contribution in [1.29, 1.82) is 0 Å². The van der Waals surface area contributed by atoms with Crippen molar-refractivity contribution < 1.29 is 22.0 Å². The Balaban J connectivity index is 3.04. The smallest absolute Gasteiger partial charge is 0.204 e. The van der Waals surface area contributed by atoms with Crippen LogP contribution in [-0.2, 0) is 0 Å². The van der Waals surface area contributed by atoms with Gasteiger partial charge < -0.3 is 0 Å². The minimum absolute atomic E-state index is 0.604. The fourth-order valence-electron chi connectivity index (χ4n) is 1.24. The first-order chi connectivity index (χ1) is 7.02. The summed E-state index contributed by atoms with van der Waals surface area (Å²) in [6.45, 7) is 0. The predicted molar refractivity (Wildman–Crippen MR) is 41.5 cm³/mol. The van der Waals surface area contributed by atoms with E-state index in [-0.39, 0.29) is 0 Å². The summed E-state index contributed by atoms with van der Waals surface area (Å²) >= 11 is 0. The van der Waals surface area contributed by atoms with Gasteiger partial charge in [0, 0.05) is 5.39 Å². The first-order valence-electron chi connectivity index (χ1n) is 3.80. The molecule has 0 amide bonds. The topological polar surface area (TPSA) is 12.9 Å². The molecule has 0 spiro atoms. The van der Waals surface area contributed by atoms with Crippen molar-refractivity contribution in [2.45, 2.75) is 0 Å². The highest BCUT2D eigenvalue weighted by atomic mass is 19.2. The molecule has 0 saturated heterocycles. The van der Waals surface area contributed by atoms with Gasteiger partial charge in [-0.2, -0.15) is 13.8 Å². The van der Waals surface area contributed by atoms with Crippen LogP contribution in [-0.4, -0.2) is 4.98 Å². The number of benzene rings is 1. The van der Waals surface area contributed by atoms with Crippen LogP contribution in [0, 0.1) is 29.3 Å². The van der Waals surface area contributed by atoms with Crippen molar-refractivity contribution in [1.82, 2.24) is 4.98 Å². The minimum atomic E-state index is -1.80. The van der Waals surface area contributed by atoms with Gasteiger partial charge in [-0.05, 0) is 12.1 Å². The van der Waals surface area contributed by atoms with Crippen molar-refractivity contribution in [2.75, 3.05) is 0 Å². The molecule has 0 radical (unpaired) electrons. The van der Waals surface area contributed by atoms with Crippen LogP contribution in [0.3, 0.4) is 0 Å². The highest BCUT2D eigenvalue weighted by Gasteiger charge is 2.19. The summed E-state index contributed by atoms with van der Waals surface area (Å²) in [6.07, 6.45) is 0. The average molecular weight is 219 g/mol. The Hall–Kier alpha value is -1.72. The largest absolute Gasteiger partial charge is 0.252 e. The van der Waals surface area contributed by atoms with E-state index in [9.17, 15) is 22.0 Å². The van der Waals surface area contributed by atoms with E-state index in [4.69, 9.17) is 0 Å². The van der Waals surface area contributed by atoms with Gasteiger partial charge in [-0.15, -0.1) is 0 Å². The second-order valence-electron chi connectivity index (χ2n) is 2.79. The quantitative estimate of drug-likeness (QED) is 0.490. The lowest BCUT2D eigenvalue weighted by Gasteiger charge is -2.03. The van der Waals surface area contributed by atoms with Gasteiger partial charge >= 0.3 is 0 Å². The van der Waals surface area contributed by atoms with E-state index in [2.05, 4.69) is 4.98 Å². The van der Waals surface area contributed by atoms with Gasteiger partial charge in [0.2, 0.25) is 5.95 Å². The SMILES string of the molecule is Fc1ccc2c(F)nc(F)c(F)c2c1F. The van der Waals surface area contributed by atoms with Crippen LogP contribution in [0.5, 0.6) is 0 Å². The van der Waals surface area contributed by atoms with Crippen molar-refractivity contribution >= 4 is 10.8 Å². The van der Waals surface area contributed by atoms with E-state index < -0.39 is 40.1 Å². The normalized spacial score (nSPS) is 11.0. The zero-order valence-corrected chi connectivity index (χ0v) is 6.99. The zero-order chi connectivity index (χ0) is 11.2. The first kappa shape index (κ1) is 9.82. The Bertz CT molecular complexity index is 544. The molecule has 6 heteroatoms. The molecule has 0 aliphatic carbocycles. The molecule has 0 atom stereocenters. The number of rotatable bonds is 0. The average Bonchev–Trinajstić information content (AvgIpc) is 2.19. The molecule has 1 aromatic heterocycles. The second kappa shape index (κ2) is 3.15. The lowest BCUT2D eigenvalue weighted by atomic mass is 10.1. The van der Waals surface area contributed by atoms with E-state index in [1.165, 1.54) is 0 Å². The van der Waals surface area contributed by atoms with Crippen molar-refractivity contribution in [3.63, 3.8) is 0 Å². The molecule has 0 unspecified atom stereocenters. The van der Waals surface area contributed by atoms with Crippen LogP contribution in [0.15, 0.2) is 12.1 Å². The summed E-state index contributed by atoms with van der Waals surface area (Å²) in [7, 11) is 0. The van der Waals surface area contributed by atoms with Crippen LogP contribution in [0.25, 0.3) is 10.8 Å². The predicted octanol–water partition coefficient (Wildman–Crippen LogP) is 2.93. The molecule has 1 nitrogen and oxygen atoms in total. The molecule has 78 valence electrons. The lowest BCUT2D eigenvalue weighted by Crippen LogP contribution is -1.99. The summed E-state index contributed by atoms with van der Waals surface area (Å²) in [5.41, 5.74) is 0. The maximum Gasteiger partial charge on any atom is 0.252 e. The number of aromatic nitrogens is 1. The summed E-state index contributed by atoms with van der Waals surface area (Å²) in [4.78, 5) is 2.57. The number of hydrogen-bond acceptors (Lipinski definition) is 1. The molecule has 0 bridgehead atoms. The van der Waals surface area contributed by atoms with E-state index in [0.717, 1.165) is 6.07 Å². The fourth-order valence-corrected chi connectivity index (χ4v) is 1.24. The molecular weight excluding hydrogens is 217 g/mol. The van der Waals surface area contributed by atoms with Crippen LogP contribution in [0.4, 0.5) is 22.0 Å². The highest BCUT2D eigenvalue weighted by molar-refractivity contribution is 5.83. The van der Waals surface area contributed by atoms with Gasteiger partial charge in [-0.25, -0.2) is 13.2 Å². The Morgan fingerprint density at radius 2 is 1.47 bits per heavy atom. The third-order valence-corrected chi connectivity index (χ3v) is 1.91. The summed E-state index contributed by atoms with van der Waals surface area (Å²) in [6, 6.07) is 1.40. The molecule has 2 rings (SSSR count). The van der Waals surface area contributed by atoms with Gasteiger partial charge in [0.1, 0.15) is 0 Å². The molecule has 2 aromatic rings. The van der Waals surface area contributed by atoms with E-state index in [0.29, 0.717) is 6.07 Å². The molecule has 0 aliphatic rings. The fraction of sp³-hybridized carbons (Fsp3) is 0. The van der Waals surface area contributed by atoms with Gasteiger partial charge in [-0.3, -0.25) is 0 Å². The van der Waals surface area contributed by atoms with Gasteiger partial charge in [0.05, 0.1) is 5.39 Å². The maximum absolute atomic E-state index is 13.0. The highest BCUT2D eigenvalue weighted by Crippen LogP contribution is 2.25. The Kier molecular flexibility index (Phi) is 2.06. The summed E-state index contributed by atoms with van der Waals surface area (Å²) in [5.74, 6) is -7.91. The number of pyridine rings is 1. The monoisotopic (exact) mass is 219 g/mol.